The summed E-state index contributed by atoms with van der Waals surface area (Å²) in [6, 6.07) is 14.4. The number of nitriles is 1. The number of benzene rings is 2. The van der Waals surface area contributed by atoms with E-state index in [4.69, 9.17) is 4.74 Å². The van der Waals surface area contributed by atoms with E-state index in [1.165, 1.54) is 30.3 Å². The van der Waals surface area contributed by atoms with Crippen LogP contribution in [0.25, 0.3) is 6.08 Å². The van der Waals surface area contributed by atoms with Crippen molar-refractivity contribution in [3.63, 3.8) is 0 Å². The predicted molar refractivity (Wildman–Crippen MR) is 90.8 cm³/mol. The molecule has 0 atom stereocenters. The zero-order valence-corrected chi connectivity index (χ0v) is 13.3. The molecule has 4 nitrogen and oxygen atoms in total. The van der Waals surface area contributed by atoms with Gasteiger partial charge in [0.25, 0.3) is 5.91 Å². The van der Waals surface area contributed by atoms with Gasteiger partial charge in [-0.2, -0.15) is 5.26 Å². The summed E-state index contributed by atoms with van der Waals surface area (Å²) >= 11 is 0. The van der Waals surface area contributed by atoms with Gasteiger partial charge in [-0.25, -0.2) is 4.39 Å². The average molecular weight is 324 g/mol. The van der Waals surface area contributed by atoms with Gasteiger partial charge in [0, 0.05) is 11.3 Å². The van der Waals surface area contributed by atoms with Crippen LogP contribution in [-0.4, -0.2) is 12.5 Å². The van der Waals surface area contributed by atoms with Gasteiger partial charge in [0.15, 0.2) is 0 Å². The highest BCUT2D eigenvalue weighted by molar-refractivity contribution is 6.09. The van der Waals surface area contributed by atoms with Gasteiger partial charge in [0.2, 0.25) is 0 Å². The number of carbonyl (C=O) groups is 1. The maximum absolute atomic E-state index is 12.9. The second-order valence-corrected chi connectivity index (χ2v) is 5.02. The second-order valence-electron chi connectivity index (χ2n) is 5.02. The summed E-state index contributed by atoms with van der Waals surface area (Å²) < 4.78 is 18.5. The first-order valence-electron chi connectivity index (χ1n) is 7.54. The van der Waals surface area contributed by atoms with Crippen LogP contribution in [0.1, 0.15) is 18.9 Å². The van der Waals surface area contributed by atoms with Gasteiger partial charge < -0.3 is 10.1 Å². The number of amides is 1. The van der Waals surface area contributed by atoms with E-state index < -0.39 is 11.7 Å². The number of para-hydroxylation sites is 1. The number of rotatable bonds is 6. The topological polar surface area (TPSA) is 62.1 Å². The lowest BCUT2D eigenvalue weighted by Gasteiger charge is -2.09. The number of nitrogens with one attached hydrogen (secondary N) is 1. The molecule has 0 saturated carbocycles. The summed E-state index contributed by atoms with van der Waals surface area (Å²) in [6.07, 6.45) is 2.33. The zero-order valence-electron chi connectivity index (χ0n) is 13.3. The van der Waals surface area contributed by atoms with E-state index in [1.54, 1.807) is 18.2 Å². The Morgan fingerprint density at radius 3 is 2.62 bits per heavy atom. The van der Waals surface area contributed by atoms with E-state index in [-0.39, 0.29) is 5.57 Å². The molecule has 0 spiro atoms. The predicted octanol–water partition coefficient (Wildman–Crippen LogP) is 4.16. The molecule has 0 saturated heterocycles. The highest BCUT2D eigenvalue weighted by Gasteiger charge is 2.11. The number of ether oxygens (including phenoxy) is 1. The number of carbonyl (C=O) groups excluding carboxylic acids is 1. The molecule has 5 heteroatoms. The minimum atomic E-state index is -0.561. The number of nitrogens with zero attached hydrogens (tertiary/aromatic N) is 1. The van der Waals surface area contributed by atoms with E-state index in [1.807, 2.05) is 19.1 Å². The van der Waals surface area contributed by atoms with Crippen molar-refractivity contribution >= 4 is 17.7 Å². The van der Waals surface area contributed by atoms with E-state index in [0.29, 0.717) is 23.6 Å². The summed E-state index contributed by atoms with van der Waals surface area (Å²) in [5.41, 5.74) is 1.00. The molecule has 2 aromatic rings. The minimum absolute atomic E-state index is 0.0631. The first-order chi connectivity index (χ1) is 11.6. The van der Waals surface area contributed by atoms with Gasteiger partial charge in [0.1, 0.15) is 23.2 Å². The van der Waals surface area contributed by atoms with Crippen LogP contribution in [-0.2, 0) is 4.79 Å². The fraction of sp³-hybridized carbons (Fsp3) is 0.158. The number of hydrogen-bond acceptors (Lipinski definition) is 3. The van der Waals surface area contributed by atoms with Crippen molar-refractivity contribution in [2.45, 2.75) is 13.3 Å². The fourth-order valence-corrected chi connectivity index (χ4v) is 1.98. The Hall–Kier alpha value is -3.13. The van der Waals surface area contributed by atoms with Crippen LogP contribution in [0, 0.1) is 17.1 Å². The summed E-state index contributed by atoms with van der Waals surface area (Å²) in [5.74, 6) is -0.345. The average Bonchev–Trinajstić information content (AvgIpc) is 2.60. The van der Waals surface area contributed by atoms with Crippen molar-refractivity contribution < 1.29 is 13.9 Å². The fourth-order valence-electron chi connectivity index (χ4n) is 1.98. The van der Waals surface area contributed by atoms with E-state index >= 15 is 0 Å². The molecule has 1 amide bonds. The quantitative estimate of drug-likeness (QED) is 0.641. The normalized spacial score (nSPS) is 10.8. The maximum Gasteiger partial charge on any atom is 0.266 e. The molecular weight excluding hydrogens is 307 g/mol. The van der Waals surface area contributed by atoms with Crippen molar-refractivity contribution in [1.29, 1.82) is 5.26 Å². The molecule has 2 aromatic carbocycles. The molecule has 1 N–H and O–H groups in total. The zero-order chi connectivity index (χ0) is 17.4. The lowest BCUT2D eigenvalue weighted by molar-refractivity contribution is -0.112. The Morgan fingerprint density at radius 1 is 1.25 bits per heavy atom. The SMILES string of the molecule is CCCOc1ccccc1/C=C(\C#N)C(=O)Nc1ccc(F)cc1. The van der Waals surface area contributed by atoms with Gasteiger partial charge >= 0.3 is 0 Å². The van der Waals surface area contributed by atoms with Gasteiger partial charge in [0.05, 0.1) is 6.61 Å². The first kappa shape index (κ1) is 17.2. The molecule has 2 rings (SSSR count). The van der Waals surface area contributed by atoms with Crippen LogP contribution in [0.3, 0.4) is 0 Å². The molecule has 0 aliphatic heterocycles. The van der Waals surface area contributed by atoms with Crippen LogP contribution in [0.15, 0.2) is 54.1 Å². The lowest BCUT2D eigenvalue weighted by Crippen LogP contribution is -2.13. The molecule has 0 radical (unpaired) electrons. The highest BCUT2D eigenvalue weighted by Crippen LogP contribution is 2.21. The molecule has 0 aromatic heterocycles. The Morgan fingerprint density at radius 2 is 1.96 bits per heavy atom. The third-order valence-corrected chi connectivity index (χ3v) is 3.15. The molecule has 122 valence electrons. The van der Waals surface area contributed by atoms with Crippen molar-refractivity contribution in [2.75, 3.05) is 11.9 Å². The summed E-state index contributed by atoms with van der Waals surface area (Å²) in [6.45, 7) is 2.55. The minimum Gasteiger partial charge on any atom is -0.493 e. The third-order valence-electron chi connectivity index (χ3n) is 3.15. The summed E-state index contributed by atoms with van der Waals surface area (Å²) in [7, 11) is 0. The smallest absolute Gasteiger partial charge is 0.266 e. The third kappa shape index (κ3) is 4.68. The van der Waals surface area contributed by atoms with Crippen LogP contribution in [0.5, 0.6) is 5.75 Å². The van der Waals surface area contributed by atoms with Crippen LogP contribution in [0.2, 0.25) is 0 Å². The van der Waals surface area contributed by atoms with Crippen molar-refractivity contribution in [1.82, 2.24) is 0 Å². The molecular formula is C19H17FN2O2. The van der Waals surface area contributed by atoms with Crippen molar-refractivity contribution in [2.24, 2.45) is 0 Å². The number of anilines is 1. The Kier molecular flexibility index (Phi) is 6.09. The van der Waals surface area contributed by atoms with E-state index in [2.05, 4.69) is 5.32 Å². The van der Waals surface area contributed by atoms with Crippen LogP contribution >= 0.6 is 0 Å². The lowest BCUT2D eigenvalue weighted by atomic mass is 10.1. The molecule has 0 bridgehead atoms. The van der Waals surface area contributed by atoms with Crippen molar-refractivity contribution in [3.8, 4) is 11.8 Å². The summed E-state index contributed by atoms with van der Waals surface area (Å²) in [5, 5.41) is 11.8. The molecule has 0 unspecified atom stereocenters. The van der Waals surface area contributed by atoms with E-state index in [0.717, 1.165) is 6.42 Å². The van der Waals surface area contributed by atoms with Gasteiger partial charge in [-0.3, -0.25) is 4.79 Å². The standard InChI is InChI=1S/C19H17FN2O2/c1-2-11-24-18-6-4-3-5-14(18)12-15(13-21)19(23)22-17-9-7-16(20)8-10-17/h3-10,12H,2,11H2,1H3,(H,22,23)/b15-12+. The molecule has 0 aliphatic rings. The van der Waals surface area contributed by atoms with E-state index in [9.17, 15) is 14.4 Å². The number of halogens is 1. The Labute approximate surface area is 140 Å². The number of hydrogen-bond donors (Lipinski definition) is 1. The van der Waals surface area contributed by atoms with Crippen LogP contribution < -0.4 is 10.1 Å². The second kappa shape index (κ2) is 8.49. The largest absolute Gasteiger partial charge is 0.493 e. The molecule has 0 aliphatic carbocycles. The summed E-state index contributed by atoms with van der Waals surface area (Å²) in [4.78, 5) is 12.2. The van der Waals surface area contributed by atoms with Gasteiger partial charge in [-0.15, -0.1) is 0 Å². The molecule has 24 heavy (non-hydrogen) atoms. The Balaban J connectivity index is 2.21. The van der Waals surface area contributed by atoms with Gasteiger partial charge in [-0.05, 0) is 42.8 Å². The van der Waals surface area contributed by atoms with Gasteiger partial charge in [-0.1, -0.05) is 25.1 Å². The maximum atomic E-state index is 12.9. The molecule has 0 fully saturated rings. The monoisotopic (exact) mass is 324 g/mol. The highest BCUT2D eigenvalue weighted by atomic mass is 19.1. The van der Waals surface area contributed by atoms with Crippen molar-refractivity contribution in [3.05, 3.63) is 65.5 Å². The van der Waals surface area contributed by atoms with Crippen LogP contribution in [0.4, 0.5) is 10.1 Å². The molecule has 0 heterocycles. The Bertz CT molecular complexity index is 777. The first-order valence-corrected chi connectivity index (χ1v) is 7.54.